The van der Waals surface area contributed by atoms with Crippen molar-refractivity contribution < 1.29 is 4.74 Å². The van der Waals surface area contributed by atoms with E-state index in [4.69, 9.17) is 16.3 Å². The van der Waals surface area contributed by atoms with Crippen LogP contribution in [0.15, 0.2) is 24.3 Å². The van der Waals surface area contributed by atoms with Crippen LogP contribution < -0.4 is 5.32 Å². The molecule has 1 aliphatic rings. The summed E-state index contributed by atoms with van der Waals surface area (Å²) in [6.45, 7) is 2.96. The number of hydrogen-bond donors (Lipinski definition) is 1. The standard InChI is InChI=1S/C13H18ClNO/c1-9-6-11(8-16-9)13(15-2)10-4-3-5-12(14)7-10/h3-5,7,9,11,13,15H,6,8H2,1-2H3. The van der Waals surface area contributed by atoms with E-state index in [0.717, 1.165) is 18.1 Å². The number of benzene rings is 1. The van der Waals surface area contributed by atoms with Crippen LogP contribution in [0, 0.1) is 5.92 Å². The monoisotopic (exact) mass is 239 g/mol. The zero-order valence-corrected chi connectivity index (χ0v) is 10.5. The summed E-state index contributed by atoms with van der Waals surface area (Å²) in [5.41, 5.74) is 1.25. The van der Waals surface area contributed by atoms with Crippen LogP contribution >= 0.6 is 11.6 Å². The number of nitrogens with one attached hydrogen (secondary N) is 1. The van der Waals surface area contributed by atoms with E-state index in [1.54, 1.807) is 0 Å². The summed E-state index contributed by atoms with van der Waals surface area (Å²) in [5, 5.41) is 4.17. The molecule has 2 rings (SSSR count). The second-order valence-corrected chi connectivity index (χ2v) is 4.90. The Kier molecular flexibility index (Phi) is 3.85. The van der Waals surface area contributed by atoms with Gasteiger partial charge in [-0.15, -0.1) is 0 Å². The van der Waals surface area contributed by atoms with Gasteiger partial charge in [-0.2, -0.15) is 0 Å². The Bertz CT molecular complexity index is 356. The molecule has 16 heavy (non-hydrogen) atoms. The molecule has 1 saturated heterocycles. The Morgan fingerprint density at radius 2 is 2.31 bits per heavy atom. The SMILES string of the molecule is CNC(c1cccc(Cl)c1)C1COC(C)C1. The van der Waals surface area contributed by atoms with Crippen molar-refractivity contribution in [3.63, 3.8) is 0 Å². The van der Waals surface area contributed by atoms with Gasteiger partial charge in [-0.3, -0.25) is 0 Å². The van der Waals surface area contributed by atoms with Crippen LogP contribution in [0.25, 0.3) is 0 Å². The van der Waals surface area contributed by atoms with Crippen molar-refractivity contribution >= 4 is 11.6 Å². The average molecular weight is 240 g/mol. The van der Waals surface area contributed by atoms with E-state index in [9.17, 15) is 0 Å². The van der Waals surface area contributed by atoms with E-state index in [0.29, 0.717) is 18.1 Å². The van der Waals surface area contributed by atoms with Gasteiger partial charge >= 0.3 is 0 Å². The maximum absolute atomic E-state index is 6.02. The number of halogens is 1. The molecule has 3 heteroatoms. The van der Waals surface area contributed by atoms with Gasteiger partial charge in [0.2, 0.25) is 0 Å². The zero-order chi connectivity index (χ0) is 11.5. The quantitative estimate of drug-likeness (QED) is 0.876. The van der Waals surface area contributed by atoms with Crippen LogP contribution in [0.5, 0.6) is 0 Å². The first-order valence-electron chi connectivity index (χ1n) is 5.75. The fourth-order valence-corrected chi connectivity index (χ4v) is 2.66. The molecule has 0 spiro atoms. The topological polar surface area (TPSA) is 21.3 Å². The third-order valence-corrected chi connectivity index (χ3v) is 3.45. The highest BCUT2D eigenvalue weighted by Gasteiger charge is 2.29. The molecule has 1 fully saturated rings. The van der Waals surface area contributed by atoms with Crippen molar-refractivity contribution in [2.75, 3.05) is 13.7 Å². The minimum atomic E-state index is 0.337. The predicted molar refractivity (Wildman–Crippen MR) is 66.8 cm³/mol. The third-order valence-electron chi connectivity index (χ3n) is 3.22. The summed E-state index contributed by atoms with van der Waals surface area (Å²) in [5.74, 6) is 0.540. The molecule has 2 nitrogen and oxygen atoms in total. The van der Waals surface area contributed by atoms with Crippen molar-refractivity contribution in [2.45, 2.75) is 25.5 Å². The largest absolute Gasteiger partial charge is 0.378 e. The molecule has 3 atom stereocenters. The lowest BCUT2D eigenvalue weighted by Gasteiger charge is -2.22. The summed E-state index contributed by atoms with van der Waals surface area (Å²) in [6, 6.07) is 8.40. The minimum absolute atomic E-state index is 0.337. The van der Waals surface area contributed by atoms with Crippen LogP contribution in [-0.4, -0.2) is 19.8 Å². The van der Waals surface area contributed by atoms with E-state index in [1.165, 1.54) is 5.56 Å². The molecule has 0 saturated carbocycles. The first kappa shape index (κ1) is 11.9. The Morgan fingerprint density at radius 3 is 2.88 bits per heavy atom. The highest BCUT2D eigenvalue weighted by atomic mass is 35.5. The molecule has 3 unspecified atom stereocenters. The van der Waals surface area contributed by atoms with E-state index in [2.05, 4.69) is 18.3 Å². The van der Waals surface area contributed by atoms with Crippen molar-refractivity contribution in [1.29, 1.82) is 0 Å². The highest BCUT2D eigenvalue weighted by Crippen LogP contribution is 2.32. The average Bonchev–Trinajstić information content (AvgIpc) is 2.66. The predicted octanol–water partition coefficient (Wildman–Crippen LogP) is 3.03. The van der Waals surface area contributed by atoms with Gasteiger partial charge in [0.05, 0.1) is 12.7 Å². The van der Waals surface area contributed by atoms with Crippen molar-refractivity contribution in [1.82, 2.24) is 5.32 Å². The van der Waals surface area contributed by atoms with Gasteiger partial charge in [0.15, 0.2) is 0 Å². The van der Waals surface area contributed by atoms with E-state index in [-0.39, 0.29) is 0 Å². The fourth-order valence-electron chi connectivity index (χ4n) is 2.46. The van der Waals surface area contributed by atoms with Gasteiger partial charge in [0, 0.05) is 17.0 Å². The van der Waals surface area contributed by atoms with Crippen molar-refractivity contribution in [3.05, 3.63) is 34.9 Å². The number of hydrogen-bond acceptors (Lipinski definition) is 2. The van der Waals surface area contributed by atoms with E-state index in [1.807, 2.05) is 25.2 Å². The Balaban J connectivity index is 2.16. The van der Waals surface area contributed by atoms with Crippen molar-refractivity contribution in [3.8, 4) is 0 Å². The van der Waals surface area contributed by atoms with Crippen LogP contribution in [0.1, 0.15) is 24.9 Å². The van der Waals surface area contributed by atoms with Gasteiger partial charge in [0.25, 0.3) is 0 Å². The smallest absolute Gasteiger partial charge is 0.0551 e. The normalized spacial score (nSPS) is 26.9. The molecule has 0 amide bonds. The number of ether oxygens (including phenoxy) is 1. The first-order chi connectivity index (χ1) is 7.70. The maximum atomic E-state index is 6.02. The second kappa shape index (κ2) is 5.17. The van der Waals surface area contributed by atoms with Crippen molar-refractivity contribution in [2.24, 2.45) is 5.92 Å². The first-order valence-corrected chi connectivity index (χ1v) is 6.13. The molecule has 1 aromatic carbocycles. The number of rotatable bonds is 3. The van der Waals surface area contributed by atoms with Crippen LogP contribution in [0.3, 0.4) is 0 Å². The molecular weight excluding hydrogens is 222 g/mol. The molecule has 0 bridgehead atoms. The lowest BCUT2D eigenvalue weighted by atomic mass is 9.91. The van der Waals surface area contributed by atoms with Crippen LogP contribution in [0.4, 0.5) is 0 Å². The summed E-state index contributed by atoms with van der Waals surface area (Å²) in [7, 11) is 1.99. The minimum Gasteiger partial charge on any atom is -0.378 e. The molecule has 88 valence electrons. The van der Waals surface area contributed by atoms with E-state index >= 15 is 0 Å². The van der Waals surface area contributed by atoms with Gasteiger partial charge in [-0.25, -0.2) is 0 Å². The zero-order valence-electron chi connectivity index (χ0n) is 9.74. The third kappa shape index (κ3) is 2.57. The van der Waals surface area contributed by atoms with Gasteiger partial charge in [-0.05, 0) is 38.1 Å². The van der Waals surface area contributed by atoms with E-state index < -0.39 is 0 Å². The van der Waals surface area contributed by atoms with Crippen LogP contribution in [-0.2, 0) is 4.74 Å². The lowest BCUT2D eigenvalue weighted by Crippen LogP contribution is -2.25. The Hall–Kier alpha value is -0.570. The van der Waals surface area contributed by atoms with Gasteiger partial charge in [-0.1, -0.05) is 23.7 Å². The molecule has 1 aliphatic heterocycles. The lowest BCUT2D eigenvalue weighted by molar-refractivity contribution is 0.117. The summed E-state index contributed by atoms with van der Waals surface area (Å²) >= 11 is 6.02. The molecule has 1 aromatic rings. The maximum Gasteiger partial charge on any atom is 0.0551 e. The fraction of sp³-hybridized carbons (Fsp3) is 0.538. The second-order valence-electron chi connectivity index (χ2n) is 4.46. The highest BCUT2D eigenvalue weighted by molar-refractivity contribution is 6.30. The molecular formula is C13H18ClNO. The van der Waals surface area contributed by atoms with Gasteiger partial charge in [0.1, 0.15) is 0 Å². The Labute approximate surface area is 102 Å². The Morgan fingerprint density at radius 1 is 1.50 bits per heavy atom. The molecule has 1 N–H and O–H groups in total. The summed E-state index contributed by atoms with van der Waals surface area (Å²) in [4.78, 5) is 0. The molecule has 1 heterocycles. The summed E-state index contributed by atoms with van der Waals surface area (Å²) < 4.78 is 5.63. The summed E-state index contributed by atoms with van der Waals surface area (Å²) in [6.07, 6.45) is 1.48. The molecule has 0 aromatic heterocycles. The molecule has 0 radical (unpaired) electrons. The molecule has 0 aliphatic carbocycles. The van der Waals surface area contributed by atoms with Crippen LogP contribution in [0.2, 0.25) is 5.02 Å². The van der Waals surface area contributed by atoms with Gasteiger partial charge < -0.3 is 10.1 Å².